The number of aliphatic carboxylic acids is 1. The van der Waals surface area contributed by atoms with Gasteiger partial charge >= 0.3 is 11.7 Å². The van der Waals surface area contributed by atoms with Crippen LogP contribution in [-0.2, 0) is 4.79 Å². The highest BCUT2D eigenvalue weighted by atomic mass is 79.9. The largest absolute Gasteiger partial charge is 0.487 e. The lowest BCUT2D eigenvalue weighted by atomic mass is 9.98. The number of rotatable bonds is 7. The van der Waals surface area contributed by atoms with E-state index in [9.17, 15) is 14.9 Å². The molecule has 0 aliphatic heterocycles. The number of carboxylic acids is 1. The first-order chi connectivity index (χ1) is 9.24. The molecule has 7 nitrogen and oxygen atoms in total. The van der Waals surface area contributed by atoms with Crippen LogP contribution in [0.15, 0.2) is 22.7 Å². The molecule has 0 radical (unpaired) electrons. The molecule has 1 aromatic rings. The lowest BCUT2D eigenvalue weighted by Crippen LogP contribution is -2.44. The van der Waals surface area contributed by atoms with Crippen LogP contribution in [0.3, 0.4) is 0 Å². The van der Waals surface area contributed by atoms with E-state index in [-0.39, 0.29) is 24.5 Å². The molecule has 110 valence electrons. The number of carboxylic acid groups (broad SMARTS) is 1. The number of benzene rings is 1. The Bertz CT molecular complexity index is 519. The predicted octanol–water partition coefficient (Wildman–Crippen LogP) is 2.32. The van der Waals surface area contributed by atoms with Crippen molar-refractivity contribution in [3.05, 3.63) is 32.8 Å². The van der Waals surface area contributed by atoms with Crippen LogP contribution in [0.4, 0.5) is 5.69 Å². The normalized spacial score (nSPS) is 13.6. The summed E-state index contributed by atoms with van der Waals surface area (Å²) >= 11 is 3.15. The zero-order chi connectivity index (χ0) is 15.3. The van der Waals surface area contributed by atoms with Crippen LogP contribution in [0, 0.1) is 10.1 Å². The molecule has 3 N–H and O–H groups in total. The molecule has 1 aromatic carbocycles. The van der Waals surface area contributed by atoms with Crippen LogP contribution in [0.1, 0.15) is 19.8 Å². The van der Waals surface area contributed by atoms with E-state index in [0.29, 0.717) is 10.9 Å². The molecule has 0 aromatic heterocycles. The summed E-state index contributed by atoms with van der Waals surface area (Å²) in [7, 11) is 0. The Morgan fingerprint density at radius 2 is 2.25 bits per heavy atom. The summed E-state index contributed by atoms with van der Waals surface area (Å²) in [6, 6.07) is 4.47. The van der Waals surface area contributed by atoms with Gasteiger partial charge in [-0.05, 0) is 31.9 Å². The quantitative estimate of drug-likeness (QED) is 0.444. The van der Waals surface area contributed by atoms with Gasteiger partial charge in [0.05, 0.1) is 11.5 Å². The molecular formula is C12H15BrN2O5. The predicted molar refractivity (Wildman–Crippen MR) is 75.8 cm³/mol. The summed E-state index contributed by atoms with van der Waals surface area (Å²) in [5.74, 6) is -0.945. The van der Waals surface area contributed by atoms with Crippen molar-refractivity contribution < 1.29 is 19.6 Å². The van der Waals surface area contributed by atoms with Crippen LogP contribution in [0.2, 0.25) is 0 Å². The van der Waals surface area contributed by atoms with Crippen molar-refractivity contribution in [2.24, 2.45) is 5.73 Å². The van der Waals surface area contributed by atoms with Crippen molar-refractivity contribution in [3.63, 3.8) is 0 Å². The molecule has 0 heterocycles. The average molecular weight is 347 g/mol. The van der Waals surface area contributed by atoms with Crippen molar-refractivity contribution in [3.8, 4) is 5.75 Å². The first-order valence-electron chi connectivity index (χ1n) is 5.83. The minimum atomic E-state index is -1.32. The number of carbonyl (C=O) groups is 1. The first kappa shape index (κ1) is 16.4. The maximum absolute atomic E-state index is 10.9. The minimum absolute atomic E-state index is 0.145. The Kier molecular flexibility index (Phi) is 5.46. The molecule has 0 saturated carbocycles. The summed E-state index contributed by atoms with van der Waals surface area (Å²) < 4.78 is 5.90. The van der Waals surface area contributed by atoms with E-state index in [1.165, 1.54) is 19.1 Å². The monoisotopic (exact) mass is 346 g/mol. The van der Waals surface area contributed by atoms with Crippen LogP contribution in [0.25, 0.3) is 0 Å². The molecule has 0 aliphatic rings. The zero-order valence-electron chi connectivity index (χ0n) is 10.8. The van der Waals surface area contributed by atoms with Gasteiger partial charge in [-0.25, -0.2) is 0 Å². The highest BCUT2D eigenvalue weighted by molar-refractivity contribution is 9.10. The number of nitrogens with two attached hydrogens (primary N) is 1. The van der Waals surface area contributed by atoms with E-state index in [4.69, 9.17) is 15.6 Å². The molecule has 1 rings (SSSR count). The van der Waals surface area contributed by atoms with Crippen molar-refractivity contribution in [1.29, 1.82) is 0 Å². The Labute approximate surface area is 124 Å². The van der Waals surface area contributed by atoms with Gasteiger partial charge in [-0.3, -0.25) is 14.9 Å². The number of nitro benzene ring substituents is 1. The molecule has 1 atom stereocenters. The Morgan fingerprint density at radius 1 is 1.60 bits per heavy atom. The third-order valence-corrected chi connectivity index (χ3v) is 3.20. The van der Waals surface area contributed by atoms with Crippen LogP contribution >= 0.6 is 15.9 Å². The van der Waals surface area contributed by atoms with Crippen LogP contribution in [-0.4, -0.2) is 28.1 Å². The van der Waals surface area contributed by atoms with Crippen molar-refractivity contribution in [2.45, 2.75) is 25.3 Å². The van der Waals surface area contributed by atoms with Gasteiger partial charge in [0.15, 0.2) is 5.75 Å². The standard InChI is InChI=1S/C12H15BrN2O5/c1-12(14,11(16)17)5-2-6-20-10-4-3-8(13)7-9(10)15(18)19/h3-4,7H,2,5-6,14H2,1H3,(H,16,17). The average Bonchev–Trinajstić information content (AvgIpc) is 2.35. The maximum Gasteiger partial charge on any atom is 0.323 e. The fourth-order valence-electron chi connectivity index (χ4n) is 1.48. The summed E-state index contributed by atoms with van der Waals surface area (Å²) in [4.78, 5) is 21.1. The molecular weight excluding hydrogens is 332 g/mol. The molecule has 0 bridgehead atoms. The zero-order valence-corrected chi connectivity index (χ0v) is 12.4. The molecule has 0 fully saturated rings. The first-order valence-corrected chi connectivity index (χ1v) is 6.62. The lowest BCUT2D eigenvalue weighted by Gasteiger charge is -2.18. The minimum Gasteiger partial charge on any atom is -0.487 e. The second kappa shape index (κ2) is 6.67. The van der Waals surface area contributed by atoms with Crippen LogP contribution < -0.4 is 10.5 Å². The van der Waals surface area contributed by atoms with Crippen LogP contribution in [0.5, 0.6) is 5.75 Å². The van der Waals surface area contributed by atoms with Crippen molar-refractivity contribution >= 4 is 27.6 Å². The highest BCUT2D eigenvalue weighted by Gasteiger charge is 2.27. The van der Waals surface area contributed by atoms with Crippen molar-refractivity contribution in [1.82, 2.24) is 0 Å². The summed E-state index contributed by atoms with van der Waals surface area (Å²) in [6.07, 6.45) is 0.596. The number of halogens is 1. The number of hydrogen-bond donors (Lipinski definition) is 2. The van der Waals surface area contributed by atoms with E-state index >= 15 is 0 Å². The number of ether oxygens (including phenoxy) is 1. The van der Waals surface area contributed by atoms with Gasteiger partial charge in [-0.15, -0.1) is 0 Å². The van der Waals surface area contributed by atoms with Gasteiger partial charge in [0.1, 0.15) is 5.54 Å². The topological polar surface area (TPSA) is 116 Å². The second-order valence-corrected chi connectivity index (χ2v) is 5.46. The summed E-state index contributed by atoms with van der Waals surface area (Å²) in [6.45, 7) is 1.57. The molecule has 0 saturated heterocycles. The van der Waals surface area contributed by atoms with Gasteiger partial charge in [0, 0.05) is 10.5 Å². The fourth-order valence-corrected chi connectivity index (χ4v) is 1.83. The van der Waals surface area contributed by atoms with E-state index in [1.54, 1.807) is 6.07 Å². The Morgan fingerprint density at radius 3 is 2.80 bits per heavy atom. The van der Waals surface area contributed by atoms with E-state index < -0.39 is 16.4 Å². The summed E-state index contributed by atoms with van der Waals surface area (Å²) in [5.41, 5.74) is 4.10. The molecule has 20 heavy (non-hydrogen) atoms. The van der Waals surface area contributed by atoms with E-state index in [0.717, 1.165) is 0 Å². The number of nitro groups is 1. The molecule has 0 aliphatic carbocycles. The van der Waals surface area contributed by atoms with E-state index in [2.05, 4.69) is 15.9 Å². The SMILES string of the molecule is CC(N)(CCCOc1ccc(Br)cc1[N+](=O)[O-])C(=O)O. The van der Waals surface area contributed by atoms with Gasteiger partial charge in [-0.1, -0.05) is 15.9 Å². The second-order valence-electron chi connectivity index (χ2n) is 4.54. The summed E-state index contributed by atoms with van der Waals surface area (Å²) in [5, 5.41) is 19.7. The smallest absolute Gasteiger partial charge is 0.323 e. The Balaban J connectivity index is 2.59. The maximum atomic E-state index is 10.9. The Hall–Kier alpha value is -1.67. The number of nitrogens with zero attached hydrogens (tertiary/aromatic N) is 1. The van der Waals surface area contributed by atoms with Gasteiger partial charge in [0.2, 0.25) is 0 Å². The lowest BCUT2D eigenvalue weighted by molar-refractivity contribution is -0.385. The highest BCUT2D eigenvalue weighted by Crippen LogP contribution is 2.30. The third-order valence-electron chi connectivity index (χ3n) is 2.70. The third kappa shape index (κ3) is 4.46. The fraction of sp³-hybridized carbons (Fsp3) is 0.417. The number of hydrogen-bond acceptors (Lipinski definition) is 5. The molecule has 1 unspecified atom stereocenters. The van der Waals surface area contributed by atoms with Gasteiger partial charge in [0.25, 0.3) is 0 Å². The van der Waals surface area contributed by atoms with Crippen molar-refractivity contribution in [2.75, 3.05) is 6.61 Å². The van der Waals surface area contributed by atoms with E-state index in [1.807, 2.05) is 0 Å². The molecule has 0 amide bonds. The van der Waals surface area contributed by atoms with Gasteiger partial charge < -0.3 is 15.6 Å². The van der Waals surface area contributed by atoms with Gasteiger partial charge in [-0.2, -0.15) is 0 Å². The molecule has 8 heteroatoms. The molecule has 0 spiro atoms.